The number of halogens is 3. The summed E-state index contributed by atoms with van der Waals surface area (Å²) < 4.78 is 0. The highest BCUT2D eigenvalue weighted by Gasteiger charge is 1.58. The number of benzene rings is 2. The van der Waals surface area contributed by atoms with Gasteiger partial charge in [-0.1, -0.05) is 72.8 Å². The fraction of sp³-hybridized carbons (Fsp3) is 0. The number of rotatable bonds is 0. The van der Waals surface area contributed by atoms with Crippen molar-refractivity contribution < 1.29 is 0 Å². The molecule has 2 aromatic carbocycles. The zero-order chi connectivity index (χ0) is 8.49. The van der Waals surface area contributed by atoms with Crippen molar-refractivity contribution in [3.05, 3.63) is 72.8 Å². The molecule has 2 aromatic rings. The lowest BCUT2D eigenvalue weighted by atomic mass is 10.4. The zero-order valence-corrected chi connectivity index (χ0v) is 10.6. The molecule has 0 unspecified atom stereocenters. The second-order valence-electron chi connectivity index (χ2n) is 2.31. The molecule has 0 aromatic heterocycles. The maximum atomic E-state index is 2.00. The first-order chi connectivity index (χ1) is 6.00. The normalized spacial score (nSPS) is 6.40. The molecule has 0 heterocycles. The van der Waals surface area contributed by atoms with Gasteiger partial charge in [-0.3, -0.25) is 0 Å². The molecule has 0 saturated carbocycles. The third-order valence-corrected chi connectivity index (χ3v) is 1.33. The van der Waals surface area contributed by atoms with E-state index in [0.29, 0.717) is 0 Å². The molecule has 0 saturated heterocycles. The Bertz CT molecular complexity index is 186. The first-order valence-corrected chi connectivity index (χ1v) is 4.00. The van der Waals surface area contributed by atoms with Gasteiger partial charge in [-0.25, -0.2) is 0 Å². The van der Waals surface area contributed by atoms with E-state index >= 15 is 0 Å². The molecular formula is C12H15Cl3. The Morgan fingerprint density at radius 2 is 0.267 bits per heavy atom. The lowest BCUT2D eigenvalue weighted by Gasteiger charge is -1.69. The molecular weight excluding hydrogens is 250 g/mol. The van der Waals surface area contributed by atoms with Crippen LogP contribution in [-0.4, -0.2) is 0 Å². The smallest absolute Gasteiger partial charge is 0.0623 e. The Labute approximate surface area is 110 Å². The second-order valence-corrected chi connectivity index (χ2v) is 2.31. The molecule has 0 aliphatic heterocycles. The van der Waals surface area contributed by atoms with Crippen LogP contribution in [0, 0.1) is 0 Å². The quantitative estimate of drug-likeness (QED) is 0.651. The van der Waals surface area contributed by atoms with E-state index in [1.807, 2.05) is 72.8 Å². The van der Waals surface area contributed by atoms with Crippen LogP contribution in [0.25, 0.3) is 0 Å². The van der Waals surface area contributed by atoms with E-state index in [1.165, 1.54) is 0 Å². The van der Waals surface area contributed by atoms with Crippen LogP contribution in [0.15, 0.2) is 72.8 Å². The van der Waals surface area contributed by atoms with Crippen LogP contribution in [-0.2, 0) is 0 Å². The average molecular weight is 266 g/mol. The van der Waals surface area contributed by atoms with Crippen LogP contribution in [0.4, 0.5) is 0 Å². The third-order valence-electron chi connectivity index (χ3n) is 1.33. The van der Waals surface area contributed by atoms with Crippen molar-refractivity contribution in [1.29, 1.82) is 0 Å². The van der Waals surface area contributed by atoms with Gasteiger partial charge < -0.3 is 0 Å². The summed E-state index contributed by atoms with van der Waals surface area (Å²) in [6.45, 7) is 0. The van der Waals surface area contributed by atoms with Crippen molar-refractivity contribution in [3.63, 3.8) is 0 Å². The Balaban J connectivity index is -0.000000160. The molecule has 0 N–H and O–H groups in total. The summed E-state index contributed by atoms with van der Waals surface area (Å²) in [6.07, 6.45) is 0. The van der Waals surface area contributed by atoms with Gasteiger partial charge in [-0.15, -0.1) is 37.2 Å². The van der Waals surface area contributed by atoms with Crippen LogP contribution in [0.5, 0.6) is 0 Å². The number of hydrogen-bond donors (Lipinski definition) is 0. The highest BCUT2D eigenvalue weighted by atomic mass is 35.5. The summed E-state index contributed by atoms with van der Waals surface area (Å²) in [6, 6.07) is 24.0. The van der Waals surface area contributed by atoms with Gasteiger partial charge in [0.15, 0.2) is 0 Å². The molecule has 0 spiro atoms. The Hall–Kier alpha value is -0.690. The Morgan fingerprint density at radius 1 is 0.200 bits per heavy atom. The van der Waals surface area contributed by atoms with Crippen LogP contribution >= 0.6 is 37.2 Å². The van der Waals surface area contributed by atoms with Crippen LogP contribution in [0.2, 0.25) is 0 Å². The molecule has 84 valence electrons. The second kappa shape index (κ2) is 15.8. The van der Waals surface area contributed by atoms with Gasteiger partial charge in [0.25, 0.3) is 0 Å². The van der Waals surface area contributed by atoms with E-state index in [-0.39, 0.29) is 37.2 Å². The lowest BCUT2D eigenvalue weighted by molar-refractivity contribution is 1.72. The largest absolute Gasteiger partial charge is 0.147 e. The van der Waals surface area contributed by atoms with Crippen molar-refractivity contribution in [2.75, 3.05) is 0 Å². The van der Waals surface area contributed by atoms with Crippen LogP contribution in [0.1, 0.15) is 0 Å². The van der Waals surface area contributed by atoms with E-state index in [0.717, 1.165) is 0 Å². The van der Waals surface area contributed by atoms with E-state index < -0.39 is 0 Å². The fourth-order valence-electron chi connectivity index (χ4n) is 0.770. The zero-order valence-electron chi connectivity index (χ0n) is 8.15. The van der Waals surface area contributed by atoms with E-state index in [4.69, 9.17) is 0 Å². The minimum atomic E-state index is 0. The van der Waals surface area contributed by atoms with Crippen LogP contribution < -0.4 is 0 Å². The first kappa shape index (κ1) is 19.8. The van der Waals surface area contributed by atoms with E-state index in [9.17, 15) is 0 Å². The summed E-state index contributed by atoms with van der Waals surface area (Å²) >= 11 is 0. The Morgan fingerprint density at radius 3 is 0.333 bits per heavy atom. The molecule has 0 fully saturated rings. The van der Waals surface area contributed by atoms with Crippen molar-refractivity contribution >= 4 is 37.2 Å². The lowest BCUT2D eigenvalue weighted by Crippen LogP contribution is -1.47. The topological polar surface area (TPSA) is 0 Å². The number of hydrogen-bond acceptors (Lipinski definition) is 0. The molecule has 0 aliphatic rings. The summed E-state index contributed by atoms with van der Waals surface area (Å²) in [5.74, 6) is 0. The highest BCUT2D eigenvalue weighted by molar-refractivity contribution is 5.86. The monoisotopic (exact) mass is 264 g/mol. The summed E-state index contributed by atoms with van der Waals surface area (Å²) in [4.78, 5) is 0. The van der Waals surface area contributed by atoms with Crippen molar-refractivity contribution in [2.45, 2.75) is 0 Å². The molecule has 0 nitrogen and oxygen atoms in total. The van der Waals surface area contributed by atoms with Gasteiger partial charge in [-0.2, -0.15) is 0 Å². The summed E-state index contributed by atoms with van der Waals surface area (Å²) in [5, 5.41) is 0. The maximum absolute atomic E-state index is 2.00. The molecule has 2 rings (SSSR count). The fourth-order valence-corrected chi connectivity index (χ4v) is 0.770. The van der Waals surface area contributed by atoms with Gasteiger partial charge in [0.2, 0.25) is 0 Å². The molecule has 0 bridgehead atoms. The van der Waals surface area contributed by atoms with Crippen molar-refractivity contribution in [3.8, 4) is 0 Å². The SMILES string of the molecule is Cl.Cl.Cl.c1ccccc1.c1ccccc1. The van der Waals surface area contributed by atoms with Gasteiger partial charge in [-0.05, 0) is 0 Å². The van der Waals surface area contributed by atoms with Crippen molar-refractivity contribution in [1.82, 2.24) is 0 Å². The predicted molar refractivity (Wildman–Crippen MR) is 74.6 cm³/mol. The predicted octanol–water partition coefficient (Wildman–Crippen LogP) is 4.64. The maximum Gasteiger partial charge on any atom is -0.0623 e. The molecule has 15 heavy (non-hydrogen) atoms. The van der Waals surface area contributed by atoms with Gasteiger partial charge in [0.05, 0.1) is 0 Å². The molecule has 0 atom stereocenters. The summed E-state index contributed by atoms with van der Waals surface area (Å²) in [5.41, 5.74) is 0. The molecule has 3 heteroatoms. The average Bonchev–Trinajstić information content (AvgIpc) is 2.24. The summed E-state index contributed by atoms with van der Waals surface area (Å²) in [7, 11) is 0. The minimum absolute atomic E-state index is 0. The molecule has 0 radical (unpaired) electrons. The first-order valence-electron chi connectivity index (χ1n) is 4.00. The van der Waals surface area contributed by atoms with E-state index in [1.54, 1.807) is 0 Å². The minimum Gasteiger partial charge on any atom is -0.147 e. The Kier molecular flexibility index (Phi) is 20.8. The van der Waals surface area contributed by atoms with E-state index in [2.05, 4.69) is 0 Å². The molecule has 0 amide bonds. The highest BCUT2D eigenvalue weighted by Crippen LogP contribution is 1.80. The van der Waals surface area contributed by atoms with Crippen LogP contribution in [0.3, 0.4) is 0 Å². The third kappa shape index (κ3) is 13.3. The van der Waals surface area contributed by atoms with Crippen molar-refractivity contribution in [2.24, 2.45) is 0 Å². The molecule has 0 aliphatic carbocycles. The van der Waals surface area contributed by atoms with Gasteiger partial charge in [0, 0.05) is 0 Å². The van der Waals surface area contributed by atoms with Gasteiger partial charge >= 0.3 is 0 Å². The van der Waals surface area contributed by atoms with Gasteiger partial charge in [0.1, 0.15) is 0 Å². The standard InChI is InChI=1S/2C6H6.3ClH/c2*1-2-4-6-5-3-1;;;/h2*1-6H;3*1H.